The Morgan fingerprint density at radius 2 is 1.79 bits per heavy atom. The number of piperidine rings is 1. The first-order valence-electron chi connectivity index (χ1n) is 8.02. The first-order chi connectivity index (χ1) is 11.4. The predicted octanol–water partition coefficient (Wildman–Crippen LogP) is 1.46. The summed E-state index contributed by atoms with van der Waals surface area (Å²) >= 11 is 0. The van der Waals surface area contributed by atoms with E-state index in [1.807, 2.05) is 0 Å². The largest absolute Gasteiger partial charge is 0.481 e. The minimum absolute atomic E-state index is 0.00244. The zero-order valence-corrected chi connectivity index (χ0v) is 14.2. The molecule has 1 heterocycles. The quantitative estimate of drug-likeness (QED) is 0.722. The lowest BCUT2D eigenvalue weighted by Crippen LogP contribution is -2.37. The highest BCUT2D eigenvalue weighted by atomic mass is 32.2. The van der Waals surface area contributed by atoms with E-state index in [0.29, 0.717) is 19.5 Å². The molecule has 1 amide bonds. The lowest BCUT2D eigenvalue weighted by Gasteiger charge is -2.26. The molecule has 0 atom stereocenters. The van der Waals surface area contributed by atoms with Crippen molar-refractivity contribution in [1.29, 1.82) is 0 Å². The maximum absolute atomic E-state index is 12.8. The fourth-order valence-electron chi connectivity index (χ4n) is 2.66. The van der Waals surface area contributed by atoms with Crippen LogP contribution < -0.4 is 5.32 Å². The van der Waals surface area contributed by atoms with Crippen molar-refractivity contribution in [3.8, 4) is 0 Å². The molecule has 0 saturated carbocycles. The van der Waals surface area contributed by atoms with Crippen LogP contribution in [0.2, 0.25) is 0 Å². The summed E-state index contributed by atoms with van der Waals surface area (Å²) in [6, 6.07) is 6.12. The fourth-order valence-corrected chi connectivity index (χ4v) is 4.37. The van der Waals surface area contributed by atoms with E-state index < -0.39 is 21.9 Å². The molecule has 1 saturated heterocycles. The Morgan fingerprint density at radius 1 is 1.12 bits per heavy atom. The summed E-state index contributed by atoms with van der Waals surface area (Å²) in [5.41, 5.74) is 0.0957. The number of amides is 1. The summed E-state index contributed by atoms with van der Waals surface area (Å²) in [6.45, 7) is 1.12. The summed E-state index contributed by atoms with van der Waals surface area (Å²) < 4.78 is 27.0. The third-order valence-electron chi connectivity index (χ3n) is 3.92. The van der Waals surface area contributed by atoms with Crippen molar-refractivity contribution in [3.63, 3.8) is 0 Å². The van der Waals surface area contributed by atoms with E-state index in [1.54, 1.807) is 12.1 Å². The van der Waals surface area contributed by atoms with E-state index in [0.717, 1.165) is 19.3 Å². The van der Waals surface area contributed by atoms with Gasteiger partial charge in [0.15, 0.2) is 0 Å². The molecule has 0 spiro atoms. The number of sulfonamides is 1. The average molecular weight is 354 g/mol. The summed E-state index contributed by atoms with van der Waals surface area (Å²) in [4.78, 5) is 22.8. The number of hydrogen-bond acceptors (Lipinski definition) is 4. The van der Waals surface area contributed by atoms with Crippen LogP contribution in [0.3, 0.4) is 0 Å². The van der Waals surface area contributed by atoms with Gasteiger partial charge in [0.2, 0.25) is 10.0 Å². The second-order valence-electron chi connectivity index (χ2n) is 5.71. The molecule has 8 heteroatoms. The standard InChI is InChI=1S/C16H22N2O5S/c19-15(20)9-6-10-17-16(21)13-7-2-3-8-14(13)24(22,23)18-11-4-1-5-12-18/h2-3,7-8H,1,4-6,9-12H2,(H,17,21)(H,19,20). The van der Waals surface area contributed by atoms with Crippen LogP contribution in [0, 0.1) is 0 Å². The third kappa shape index (κ3) is 4.55. The van der Waals surface area contributed by atoms with Crippen molar-refractivity contribution in [3.05, 3.63) is 29.8 Å². The second-order valence-corrected chi connectivity index (χ2v) is 7.62. The molecule has 1 aliphatic heterocycles. The van der Waals surface area contributed by atoms with Gasteiger partial charge >= 0.3 is 5.97 Å². The smallest absolute Gasteiger partial charge is 0.303 e. The van der Waals surface area contributed by atoms with E-state index >= 15 is 0 Å². The molecule has 1 aromatic carbocycles. The Balaban J connectivity index is 2.14. The Labute approximate surface area is 141 Å². The van der Waals surface area contributed by atoms with Gasteiger partial charge in [-0.05, 0) is 31.4 Å². The molecule has 0 aliphatic carbocycles. The monoisotopic (exact) mass is 354 g/mol. The number of aliphatic carboxylic acids is 1. The minimum atomic E-state index is -3.70. The van der Waals surface area contributed by atoms with Crippen molar-refractivity contribution in [2.45, 2.75) is 37.0 Å². The molecule has 24 heavy (non-hydrogen) atoms. The molecule has 0 radical (unpaired) electrons. The van der Waals surface area contributed by atoms with Gasteiger partial charge in [0.1, 0.15) is 0 Å². The molecule has 1 fully saturated rings. The van der Waals surface area contributed by atoms with Crippen molar-refractivity contribution in [2.75, 3.05) is 19.6 Å². The van der Waals surface area contributed by atoms with Gasteiger partial charge in [0.25, 0.3) is 5.91 Å². The lowest BCUT2D eigenvalue weighted by atomic mass is 10.2. The number of rotatable bonds is 7. The summed E-state index contributed by atoms with van der Waals surface area (Å²) in [6.07, 6.45) is 2.90. The normalized spacial score (nSPS) is 15.8. The molecule has 0 aromatic heterocycles. The van der Waals surface area contributed by atoms with Crippen molar-refractivity contribution < 1.29 is 23.1 Å². The molecule has 1 aromatic rings. The first-order valence-corrected chi connectivity index (χ1v) is 9.46. The van der Waals surface area contributed by atoms with Gasteiger partial charge in [-0.1, -0.05) is 18.6 Å². The van der Waals surface area contributed by atoms with Gasteiger partial charge in [-0.15, -0.1) is 0 Å². The second kappa shape index (κ2) is 8.25. The maximum Gasteiger partial charge on any atom is 0.303 e. The first kappa shape index (κ1) is 18.4. The van der Waals surface area contributed by atoms with Crippen LogP contribution >= 0.6 is 0 Å². The number of carboxylic acids is 1. The van der Waals surface area contributed by atoms with Gasteiger partial charge in [0.05, 0.1) is 10.5 Å². The highest BCUT2D eigenvalue weighted by Gasteiger charge is 2.29. The van der Waals surface area contributed by atoms with Gasteiger partial charge in [-0.2, -0.15) is 4.31 Å². The summed E-state index contributed by atoms with van der Waals surface area (Å²) in [7, 11) is -3.70. The van der Waals surface area contributed by atoms with E-state index in [1.165, 1.54) is 16.4 Å². The third-order valence-corrected chi connectivity index (χ3v) is 5.87. The number of benzene rings is 1. The molecule has 2 rings (SSSR count). The lowest BCUT2D eigenvalue weighted by molar-refractivity contribution is -0.137. The number of hydrogen-bond donors (Lipinski definition) is 2. The predicted molar refractivity (Wildman–Crippen MR) is 88.3 cm³/mol. The number of nitrogens with one attached hydrogen (secondary N) is 1. The van der Waals surface area contributed by atoms with Crippen LogP contribution in [0.15, 0.2) is 29.2 Å². The van der Waals surface area contributed by atoms with E-state index in [2.05, 4.69) is 5.32 Å². The van der Waals surface area contributed by atoms with Crippen LogP contribution in [0.25, 0.3) is 0 Å². The van der Waals surface area contributed by atoms with Crippen LogP contribution in [-0.2, 0) is 14.8 Å². The average Bonchev–Trinajstić information content (AvgIpc) is 2.59. The number of carboxylic acid groups (broad SMARTS) is 1. The number of carbonyl (C=O) groups is 2. The van der Waals surface area contributed by atoms with Crippen molar-refractivity contribution >= 4 is 21.9 Å². The molecule has 0 bridgehead atoms. The van der Waals surface area contributed by atoms with Crippen LogP contribution in [0.4, 0.5) is 0 Å². The summed E-state index contributed by atoms with van der Waals surface area (Å²) in [5.74, 6) is -1.44. The minimum Gasteiger partial charge on any atom is -0.481 e. The van der Waals surface area contributed by atoms with Gasteiger partial charge in [0, 0.05) is 26.1 Å². The van der Waals surface area contributed by atoms with Gasteiger partial charge < -0.3 is 10.4 Å². The van der Waals surface area contributed by atoms with Crippen LogP contribution in [0.1, 0.15) is 42.5 Å². The maximum atomic E-state index is 12.8. The fraction of sp³-hybridized carbons (Fsp3) is 0.500. The Bertz CT molecular complexity index is 696. The molecule has 2 N–H and O–H groups in total. The molecular formula is C16H22N2O5S. The van der Waals surface area contributed by atoms with Crippen molar-refractivity contribution in [2.24, 2.45) is 0 Å². The van der Waals surface area contributed by atoms with E-state index in [4.69, 9.17) is 5.11 Å². The molecule has 0 unspecified atom stereocenters. The van der Waals surface area contributed by atoms with E-state index in [9.17, 15) is 18.0 Å². The summed E-state index contributed by atoms with van der Waals surface area (Å²) in [5, 5.41) is 11.2. The van der Waals surface area contributed by atoms with Gasteiger partial charge in [-0.3, -0.25) is 9.59 Å². The zero-order chi connectivity index (χ0) is 17.6. The topological polar surface area (TPSA) is 104 Å². The molecule has 7 nitrogen and oxygen atoms in total. The molecule has 132 valence electrons. The zero-order valence-electron chi connectivity index (χ0n) is 13.4. The van der Waals surface area contributed by atoms with Crippen LogP contribution in [-0.4, -0.2) is 49.3 Å². The van der Waals surface area contributed by atoms with Gasteiger partial charge in [-0.25, -0.2) is 8.42 Å². The molecule has 1 aliphatic rings. The highest BCUT2D eigenvalue weighted by molar-refractivity contribution is 7.89. The van der Waals surface area contributed by atoms with E-state index in [-0.39, 0.29) is 23.4 Å². The number of nitrogens with zero attached hydrogens (tertiary/aromatic N) is 1. The van der Waals surface area contributed by atoms with Crippen molar-refractivity contribution in [1.82, 2.24) is 9.62 Å². The Morgan fingerprint density at radius 3 is 2.46 bits per heavy atom. The SMILES string of the molecule is O=C(O)CCCNC(=O)c1ccccc1S(=O)(=O)N1CCCCC1. The highest BCUT2D eigenvalue weighted by Crippen LogP contribution is 2.23. The Kier molecular flexibility index (Phi) is 6.33. The van der Waals surface area contributed by atoms with Crippen LogP contribution in [0.5, 0.6) is 0 Å². The molecular weight excluding hydrogens is 332 g/mol. The number of carbonyl (C=O) groups excluding carboxylic acids is 1. The Hall–Kier alpha value is -1.93.